The highest BCUT2D eigenvalue weighted by molar-refractivity contribution is 7.92. The lowest BCUT2D eigenvalue weighted by molar-refractivity contribution is -0.139. The van der Waals surface area contributed by atoms with Crippen LogP contribution in [-0.4, -0.2) is 43.8 Å². The summed E-state index contributed by atoms with van der Waals surface area (Å²) >= 11 is 6.04. The Morgan fingerprint density at radius 3 is 2.21 bits per heavy atom. The minimum Gasteiger partial charge on any atom is -0.352 e. The number of sulfonamides is 1. The SMILES string of the molecule is CCC(C)NC(=O)C(C)N(Cc1ccc(Cl)cc1)C(=O)CN(c1cccc(C)c1)S(=O)(=O)c1ccccc1. The van der Waals surface area contributed by atoms with Gasteiger partial charge < -0.3 is 10.2 Å². The van der Waals surface area contributed by atoms with Gasteiger partial charge in [-0.2, -0.15) is 0 Å². The van der Waals surface area contributed by atoms with Crippen molar-refractivity contribution in [2.75, 3.05) is 10.8 Å². The smallest absolute Gasteiger partial charge is 0.264 e. The average molecular weight is 556 g/mol. The Kier molecular flexibility index (Phi) is 9.94. The van der Waals surface area contributed by atoms with E-state index >= 15 is 0 Å². The number of carbonyl (C=O) groups is 2. The molecule has 0 saturated heterocycles. The minimum absolute atomic E-state index is 0.0697. The van der Waals surface area contributed by atoms with E-state index in [0.29, 0.717) is 10.7 Å². The highest BCUT2D eigenvalue weighted by atomic mass is 35.5. The van der Waals surface area contributed by atoms with E-state index in [-0.39, 0.29) is 23.4 Å². The van der Waals surface area contributed by atoms with Gasteiger partial charge in [-0.15, -0.1) is 0 Å². The number of anilines is 1. The Bertz CT molecular complexity index is 1350. The Morgan fingerprint density at radius 2 is 1.61 bits per heavy atom. The number of benzene rings is 3. The van der Waals surface area contributed by atoms with Crippen LogP contribution in [0.2, 0.25) is 5.02 Å². The van der Waals surface area contributed by atoms with Crippen LogP contribution in [0.25, 0.3) is 0 Å². The second-order valence-corrected chi connectivity index (χ2v) is 11.6. The van der Waals surface area contributed by atoms with Crippen molar-refractivity contribution in [1.29, 1.82) is 0 Å². The summed E-state index contributed by atoms with van der Waals surface area (Å²) in [5, 5.41) is 3.47. The van der Waals surface area contributed by atoms with Gasteiger partial charge in [0.1, 0.15) is 12.6 Å². The lowest BCUT2D eigenvalue weighted by Crippen LogP contribution is -2.52. The molecule has 3 aromatic rings. The normalized spacial score (nSPS) is 12.9. The van der Waals surface area contributed by atoms with E-state index in [1.165, 1.54) is 17.0 Å². The van der Waals surface area contributed by atoms with Crippen LogP contribution < -0.4 is 9.62 Å². The Labute approximate surface area is 230 Å². The molecule has 3 rings (SSSR count). The molecule has 0 aliphatic rings. The van der Waals surface area contributed by atoms with Crippen molar-refractivity contribution >= 4 is 39.1 Å². The number of nitrogens with one attached hydrogen (secondary N) is 1. The lowest BCUT2D eigenvalue weighted by Gasteiger charge is -2.32. The van der Waals surface area contributed by atoms with Crippen molar-refractivity contribution in [2.45, 2.75) is 57.6 Å². The third kappa shape index (κ3) is 7.36. The third-order valence-electron chi connectivity index (χ3n) is 6.33. The summed E-state index contributed by atoms with van der Waals surface area (Å²) in [7, 11) is -4.08. The van der Waals surface area contributed by atoms with Crippen LogP contribution in [0.4, 0.5) is 5.69 Å². The molecule has 0 radical (unpaired) electrons. The van der Waals surface area contributed by atoms with E-state index in [1.54, 1.807) is 67.6 Å². The Morgan fingerprint density at radius 1 is 0.947 bits per heavy atom. The van der Waals surface area contributed by atoms with Gasteiger partial charge >= 0.3 is 0 Å². The fourth-order valence-corrected chi connectivity index (χ4v) is 5.42. The number of nitrogens with zero attached hydrogens (tertiary/aromatic N) is 2. The molecule has 7 nitrogen and oxygen atoms in total. The summed E-state index contributed by atoms with van der Waals surface area (Å²) in [5.74, 6) is -0.817. The highest BCUT2D eigenvalue weighted by Gasteiger charge is 2.32. The molecule has 2 amide bonds. The molecule has 0 spiro atoms. The van der Waals surface area contributed by atoms with E-state index in [1.807, 2.05) is 26.8 Å². The zero-order valence-corrected chi connectivity index (χ0v) is 23.7. The van der Waals surface area contributed by atoms with Crippen molar-refractivity contribution < 1.29 is 18.0 Å². The quantitative estimate of drug-likeness (QED) is 0.353. The van der Waals surface area contributed by atoms with Crippen LogP contribution in [-0.2, 0) is 26.2 Å². The largest absolute Gasteiger partial charge is 0.352 e. The molecule has 0 aromatic heterocycles. The van der Waals surface area contributed by atoms with Gasteiger partial charge in [0.2, 0.25) is 11.8 Å². The first kappa shape index (κ1) is 29.2. The summed E-state index contributed by atoms with van der Waals surface area (Å²) < 4.78 is 28.6. The van der Waals surface area contributed by atoms with Gasteiger partial charge in [0.15, 0.2) is 0 Å². The molecule has 3 aromatic carbocycles. The van der Waals surface area contributed by atoms with Gasteiger partial charge in [-0.1, -0.05) is 61.0 Å². The second kappa shape index (κ2) is 12.9. The number of rotatable bonds is 11. The first-order valence-corrected chi connectivity index (χ1v) is 14.3. The minimum atomic E-state index is -4.08. The molecule has 0 aliphatic heterocycles. The highest BCUT2D eigenvalue weighted by Crippen LogP contribution is 2.25. The monoisotopic (exact) mass is 555 g/mol. The van der Waals surface area contributed by atoms with Gasteiger partial charge in [0, 0.05) is 17.6 Å². The number of carbonyl (C=O) groups excluding carboxylic acids is 2. The fourth-order valence-electron chi connectivity index (χ4n) is 3.87. The maximum atomic E-state index is 13.9. The first-order valence-electron chi connectivity index (χ1n) is 12.5. The van der Waals surface area contributed by atoms with Crippen LogP contribution in [0, 0.1) is 6.92 Å². The number of hydrogen-bond donors (Lipinski definition) is 1. The van der Waals surface area contributed by atoms with Gasteiger partial charge in [0.05, 0.1) is 10.6 Å². The zero-order chi connectivity index (χ0) is 27.9. The summed E-state index contributed by atoms with van der Waals surface area (Å²) in [4.78, 5) is 28.4. The molecule has 0 fully saturated rings. The standard InChI is InChI=1S/C29H34ClN3O4S/c1-5-22(3)31-29(35)23(4)32(19-24-14-16-25(30)17-15-24)28(34)20-33(26-11-9-10-21(2)18-26)38(36,37)27-12-7-6-8-13-27/h6-18,22-23H,5,19-20H2,1-4H3,(H,31,35). The van der Waals surface area contributed by atoms with Crippen molar-refractivity contribution in [3.8, 4) is 0 Å². The molecular formula is C29H34ClN3O4S. The molecule has 0 bridgehead atoms. The van der Waals surface area contributed by atoms with Crippen molar-refractivity contribution in [3.05, 3.63) is 95.0 Å². The number of hydrogen-bond acceptors (Lipinski definition) is 4. The molecule has 0 saturated carbocycles. The van der Waals surface area contributed by atoms with E-state index in [9.17, 15) is 18.0 Å². The van der Waals surface area contributed by atoms with Crippen molar-refractivity contribution in [1.82, 2.24) is 10.2 Å². The molecule has 9 heteroatoms. The van der Waals surface area contributed by atoms with Crippen LogP contribution in [0.15, 0.2) is 83.8 Å². The molecule has 202 valence electrons. The summed E-state index contributed by atoms with van der Waals surface area (Å²) in [6, 6.07) is 21.0. The molecule has 2 unspecified atom stereocenters. The maximum absolute atomic E-state index is 13.9. The predicted molar refractivity (Wildman–Crippen MR) is 152 cm³/mol. The van der Waals surface area contributed by atoms with E-state index in [2.05, 4.69) is 5.32 Å². The van der Waals surface area contributed by atoms with E-state index in [0.717, 1.165) is 21.9 Å². The van der Waals surface area contributed by atoms with Gasteiger partial charge in [-0.25, -0.2) is 8.42 Å². The molecule has 0 heterocycles. The average Bonchev–Trinajstić information content (AvgIpc) is 2.91. The van der Waals surface area contributed by atoms with E-state index in [4.69, 9.17) is 11.6 Å². The zero-order valence-electron chi connectivity index (χ0n) is 22.1. The molecule has 1 N–H and O–H groups in total. The van der Waals surface area contributed by atoms with Crippen LogP contribution >= 0.6 is 11.6 Å². The fraction of sp³-hybridized carbons (Fsp3) is 0.310. The predicted octanol–water partition coefficient (Wildman–Crippen LogP) is 5.18. The molecular weight excluding hydrogens is 522 g/mol. The topological polar surface area (TPSA) is 86.8 Å². The van der Waals surface area contributed by atoms with Crippen molar-refractivity contribution in [3.63, 3.8) is 0 Å². The summed E-state index contributed by atoms with van der Waals surface area (Å²) in [5.41, 5.74) is 1.98. The van der Waals surface area contributed by atoms with Crippen LogP contribution in [0.1, 0.15) is 38.3 Å². The summed E-state index contributed by atoms with van der Waals surface area (Å²) in [6.45, 7) is 6.98. The number of amides is 2. The molecule has 0 aliphatic carbocycles. The van der Waals surface area contributed by atoms with Crippen LogP contribution in [0.3, 0.4) is 0 Å². The van der Waals surface area contributed by atoms with Crippen LogP contribution in [0.5, 0.6) is 0 Å². The van der Waals surface area contributed by atoms with E-state index < -0.39 is 28.5 Å². The Hall–Kier alpha value is -3.36. The van der Waals surface area contributed by atoms with Gasteiger partial charge in [-0.3, -0.25) is 13.9 Å². The molecule has 2 atom stereocenters. The first-order chi connectivity index (χ1) is 18.0. The Balaban J connectivity index is 2.01. The van der Waals surface area contributed by atoms with Gasteiger partial charge in [0.25, 0.3) is 10.0 Å². The summed E-state index contributed by atoms with van der Waals surface area (Å²) in [6.07, 6.45) is 0.736. The lowest BCUT2D eigenvalue weighted by atomic mass is 10.1. The van der Waals surface area contributed by atoms with Gasteiger partial charge in [-0.05, 0) is 74.7 Å². The third-order valence-corrected chi connectivity index (χ3v) is 8.37. The van der Waals surface area contributed by atoms with Crippen molar-refractivity contribution in [2.24, 2.45) is 0 Å². The second-order valence-electron chi connectivity index (χ2n) is 9.31. The molecule has 38 heavy (non-hydrogen) atoms. The number of halogens is 1. The number of aryl methyl sites for hydroxylation is 1. The maximum Gasteiger partial charge on any atom is 0.264 e.